The maximum Gasteiger partial charge on any atom is 0.191 e. The molecule has 2 N–H and O–H groups in total. The molecule has 2 atom stereocenters. The number of hydrogen-bond acceptors (Lipinski definition) is 2. The lowest BCUT2D eigenvalue weighted by atomic mass is 10.1. The number of guanidine groups is 1. The summed E-state index contributed by atoms with van der Waals surface area (Å²) in [6, 6.07) is 11.5. The van der Waals surface area contributed by atoms with Gasteiger partial charge in [-0.3, -0.25) is 4.99 Å². The van der Waals surface area contributed by atoms with Crippen molar-refractivity contribution in [3.8, 4) is 0 Å². The van der Waals surface area contributed by atoms with Crippen LogP contribution in [-0.2, 0) is 6.42 Å². The molecule has 0 amide bonds. The molecule has 0 aliphatic carbocycles. The standard InChI is InChI=1S/C17H30N4/c1-6-14(2)20-17(18-3)19-13-16(21(4)5)12-15-10-8-7-9-11-15/h7-11,14,16H,6,12-13H2,1-5H3,(H2,18,19,20). The molecule has 1 aromatic carbocycles. The van der Waals surface area contributed by atoms with Gasteiger partial charge in [0.2, 0.25) is 0 Å². The van der Waals surface area contributed by atoms with Crippen LogP contribution in [0.5, 0.6) is 0 Å². The van der Waals surface area contributed by atoms with Gasteiger partial charge in [-0.2, -0.15) is 0 Å². The molecular weight excluding hydrogens is 260 g/mol. The molecule has 118 valence electrons. The van der Waals surface area contributed by atoms with Gasteiger partial charge in [-0.1, -0.05) is 37.3 Å². The molecule has 0 bridgehead atoms. The van der Waals surface area contributed by atoms with Crippen LogP contribution in [-0.4, -0.2) is 50.6 Å². The molecule has 0 fully saturated rings. The second kappa shape index (κ2) is 9.40. The van der Waals surface area contributed by atoms with Crippen LogP contribution in [0.2, 0.25) is 0 Å². The van der Waals surface area contributed by atoms with Crippen molar-refractivity contribution in [1.82, 2.24) is 15.5 Å². The summed E-state index contributed by atoms with van der Waals surface area (Å²) in [7, 11) is 6.07. The van der Waals surface area contributed by atoms with E-state index in [1.54, 1.807) is 0 Å². The van der Waals surface area contributed by atoms with E-state index in [0.29, 0.717) is 12.1 Å². The Labute approximate surface area is 129 Å². The maximum atomic E-state index is 4.29. The van der Waals surface area contributed by atoms with Crippen molar-refractivity contribution in [2.75, 3.05) is 27.7 Å². The van der Waals surface area contributed by atoms with Gasteiger partial charge in [0, 0.05) is 25.7 Å². The molecule has 4 heteroatoms. The van der Waals surface area contributed by atoms with Gasteiger partial charge in [0.15, 0.2) is 5.96 Å². The Kier molecular flexibility index (Phi) is 7.83. The van der Waals surface area contributed by atoms with Crippen LogP contribution in [0.4, 0.5) is 0 Å². The van der Waals surface area contributed by atoms with E-state index in [-0.39, 0.29) is 0 Å². The Morgan fingerprint density at radius 1 is 1.24 bits per heavy atom. The van der Waals surface area contributed by atoms with Crippen LogP contribution >= 0.6 is 0 Å². The van der Waals surface area contributed by atoms with Crippen molar-refractivity contribution in [2.24, 2.45) is 4.99 Å². The lowest BCUT2D eigenvalue weighted by molar-refractivity contribution is 0.290. The molecule has 21 heavy (non-hydrogen) atoms. The van der Waals surface area contributed by atoms with Crippen LogP contribution in [0.3, 0.4) is 0 Å². The third kappa shape index (κ3) is 6.63. The van der Waals surface area contributed by atoms with Crippen molar-refractivity contribution in [3.05, 3.63) is 35.9 Å². The molecule has 4 nitrogen and oxygen atoms in total. The Balaban J connectivity index is 2.54. The number of benzene rings is 1. The molecule has 0 aliphatic rings. The predicted molar refractivity (Wildman–Crippen MR) is 91.9 cm³/mol. The first kappa shape index (κ1) is 17.5. The zero-order valence-electron chi connectivity index (χ0n) is 14.1. The zero-order valence-corrected chi connectivity index (χ0v) is 14.1. The molecule has 0 aliphatic heterocycles. The average Bonchev–Trinajstić information content (AvgIpc) is 2.50. The van der Waals surface area contributed by atoms with Crippen LogP contribution in [0.1, 0.15) is 25.8 Å². The number of nitrogens with zero attached hydrogens (tertiary/aromatic N) is 2. The van der Waals surface area contributed by atoms with E-state index in [2.05, 4.69) is 78.8 Å². The van der Waals surface area contributed by atoms with Crippen molar-refractivity contribution < 1.29 is 0 Å². The van der Waals surface area contributed by atoms with E-state index < -0.39 is 0 Å². The fourth-order valence-electron chi connectivity index (χ4n) is 2.07. The summed E-state index contributed by atoms with van der Waals surface area (Å²) in [5, 5.41) is 6.83. The molecule has 0 aromatic heterocycles. The molecule has 0 saturated carbocycles. The molecule has 0 saturated heterocycles. The van der Waals surface area contributed by atoms with Crippen LogP contribution in [0.15, 0.2) is 35.3 Å². The number of likely N-dealkylation sites (N-methyl/N-ethyl adjacent to an activating group) is 1. The molecule has 1 aromatic rings. The molecule has 1 rings (SSSR count). The van der Waals surface area contributed by atoms with E-state index in [0.717, 1.165) is 25.3 Å². The summed E-state index contributed by atoms with van der Waals surface area (Å²) >= 11 is 0. The average molecular weight is 290 g/mol. The number of rotatable bonds is 7. The Morgan fingerprint density at radius 3 is 2.43 bits per heavy atom. The maximum absolute atomic E-state index is 4.29. The van der Waals surface area contributed by atoms with E-state index >= 15 is 0 Å². The van der Waals surface area contributed by atoms with Crippen LogP contribution < -0.4 is 10.6 Å². The Hall–Kier alpha value is -1.55. The van der Waals surface area contributed by atoms with Gasteiger partial charge >= 0.3 is 0 Å². The number of aliphatic imine (C=N–C) groups is 1. The van der Waals surface area contributed by atoms with E-state index in [9.17, 15) is 0 Å². The lowest BCUT2D eigenvalue weighted by Crippen LogP contribution is -2.47. The van der Waals surface area contributed by atoms with Gasteiger partial charge in [0.1, 0.15) is 0 Å². The number of hydrogen-bond donors (Lipinski definition) is 2. The van der Waals surface area contributed by atoms with Crippen molar-refractivity contribution >= 4 is 5.96 Å². The highest BCUT2D eigenvalue weighted by Crippen LogP contribution is 2.06. The van der Waals surface area contributed by atoms with E-state index in [4.69, 9.17) is 0 Å². The first-order valence-corrected chi connectivity index (χ1v) is 7.74. The third-order valence-corrected chi connectivity index (χ3v) is 3.77. The van der Waals surface area contributed by atoms with Crippen LogP contribution in [0, 0.1) is 0 Å². The largest absolute Gasteiger partial charge is 0.355 e. The molecule has 0 radical (unpaired) electrons. The first-order valence-electron chi connectivity index (χ1n) is 7.74. The van der Waals surface area contributed by atoms with Gasteiger partial charge in [-0.15, -0.1) is 0 Å². The number of nitrogens with one attached hydrogen (secondary N) is 2. The van der Waals surface area contributed by atoms with Gasteiger partial charge in [-0.05, 0) is 39.4 Å². The fourth-order valence-corrected chi connectivity index (χ4v) is 2.07. The first-order chi connectivity index (χ1) is 10.1. The van der Waals surface area contributed by atoms with Crippen LogP contribution in [0.25, 0.3) is 0 Å². The Morgan fingerprint density at radius 2 is 1.90 bits per heavy atom. The predicted octanol–water partition coefficient (Wildman–Crippen LogP) is 2.12. The summed E-state index contributed by atoms with van der Waals surface area (Å²) in [5.74, 6) is 0.879. The summed E-state index contributed by atoms with van der Waals surface area (Å²) in [4.78, 5) is 6.55. The topological polar surface area (TPSA) is 39.7 Å². The van der Waals surface area contributed by atoms with Crippen molar-refractivity contribution in [2.45, 2.75) is 38.8 Å². The summed E-state index contributed by atoms with van der Waals surface area (Å²) < 4.78 is 0. The molecule has 2 unspecified atom stereocenters. The van der Waals surface area contributed by atoms with Gasteiger partial charge in [0.05, 0.1) is 0 Å². The van der Waals surface area contributed by atoms with Gasteiger partial charge < -0.3 is 15.5 Å². The monoisotopic (exact) mass is 290 g/mol. The van der Waals surface area contributed by atoms with Crippen molar-refractivity contribution in [1.29, 1.82) is 0 Å². The molecule has 0 heterocycles. The minimum Gasteiger partial charge on any atom is -0.355 e. The van der Waals surface area contributed by atoms with E-state index in [1.807, 2.05) is 7.05 Å². The second-order valence-electron chi connectivity index (χ2n) is 5.71. The van der Waals surface area contributed by atoms with Gasteiger partial charge in [-0.25, -0.2) is 0 Å². The normalized spacial score (nSPS) is 14.9. The minimum absolute atomic E-state index is 0.433. The second-order valence-corrected chi connectivity index (χ2v) is 5.71. The SMILES string of the molecule is CCC(C)NC(=NC)NCC(Cc1ccccc1)N(C)C. The minimum atomic E-state index is 0.433. The highest BCUT2D eigenvalue weighted by atomic mass is 15.2. The molecular formula is C17H30N4. The quantitative estimate of drug-likeness (QED) is 0.597. The highest BCUT2D eigenvalue weighted by Gasteiger charge is 2.13. The zero-order chi connectivity index (χ0) is 15.7. The smallest absolute Gasteiger partial charge is 0.191 e. The Bertz CT molecular complexity index is 414. The van der Waals surface area contributed by atoms with E-state index in [1.165, 1.54) is 5.56 Å². The summed E-state index contributed by atoms with van der Waals surface area (Å²) in [6.07, 6.45) is 2.11. The molecule has 0 spiro atoms. The lowest BCUT2D eigenvalue weighted by Gasteiger charge is -2.26. The summed E-state index contributed by atoms with van der Waals surface area (Å²) in [5.41, 5.74) is 1.36. The third-order valence-electron chi connectivity index (χ3n) is 3.77. The van der Waals surface area contributed by atoms with Gasteiger partial charge in [0.25, 0.3) is 0 Å². The fraction of sp³-hybridized carbons (Fsp3) is 0.588. The van der Waals surface area contributed by atoms with Crippen molar-refractivity contribution in [3.63, 3.8) is 0 Å². The summed E-state index contributed by atoms with van der Waals surface area (Å²) in [6.45, 7) is 5.21. The highest BCUT2D eigenvalue weighted by molar-refractivity contribution is 5.79.